The average Bonchev–Trinajstić information content (AvgIpc) is 2.46. The zero-order valence-electron chi connectivity index (χ0n) is 8.63. The fraction of sp³-hybridized carbons (Fsp3) is 0.636. The minimum atomic E-state index is -0.492. The van der Waals surface area contributed by atoms with Gasteiger partial charge in [-0.3, -0.25) is 0 Å². The van der Waals surface area contributed by atoms with Gasteiger partial charge in [0, 0.05) is 11.3 Å². The van der Waals surface area contributed by atoms with Crippen LogP contribution in [0.1, 0.15) is 24.1 Å². The standard InChI is InChI=1S/C11H16BrNOS/c12-10-3-2-9(15-10)8-11(14)4-1-6-13-7-5-11/h2-3,13-14H,1,4-8H2. The van der Waals surface area contributed by atoms with Gasteiger partial charge in [-0.05, 0) is 60.4 Å². The zero-order chi connectivity index (χ0) is 10.7. The molecule has 0 radical (unpaired) electrons. The predicted molar refractivity (Wildman–Crippen MR) is 67.4 cm³/mol. The Morgan fingerprint density at radius 1 is 1.40 bits per heavy atom. The average molecular weight is 290 g/mol. The second kappa shape index (κ2) is 4.95. The van der Waals surface area contributed by atoms with E-state index in [9.17, 15) is 5.11 Å². The normalized spacial score (nSPS) is 27.6. The Bertz CT molecular complexity index is 318. The smallest absolute Gasteiger partial charge is 0.0708 e. The summed E-state index contributed by atoms with van der Waals surface area (Å²) in [4.78, 5) is 1.27. The fourth-order valence-electron chi connectivity index (χ4n) is 2.06. The van der Waals surface area contributed by atoms with E-state index in [0.29, 0.717) is 0 Å². The Morgan fingerprint density at radius 2 is 2.27 bits per heavy atom. The van der Waals surface area contributed by atoms with E-state index >= 15 is 0 Å². The quantitative estimate of drug-likeness (QED) is 0.877. The summed E-state index contributed by atoms with van der Waals surface area (Å²) in [7, 11) is 0. The maximum absolute atomic E-state index is 10.5. The molecule has 1 aromatic rings. The summed E-state index contributed by atoms with van der Waals surface area (Å²) in [5.74, 6) is 0. The number of hydrogen-bond acceptors (Lipinski definition) is 3. The molecule has 2 N–H and O–H groups in total. The van der Waals surface area contributed by atoms with E-state index < -0.39 is 5.60 Å². The lowest BCUT2D eigenvalue weighted by Gasteiger charge is -2.25. The van der Waals surface area contributed by atoms with Crippen molar-refractivity contribution < 1.29 is 5.11 Å². The first kappa shape index (κ1) is 11.6. The number of nitrogens with one attached hydrogen (secondary N) is 1. The number of aliphatic hydroxyl groups is 1. The lowest BCUT2D eigenvalue weighted by molar-refractivity contribution is 0.0292. The minimum absolute atomic E-state index is 0.492. The van der Waals surface area contributed by atoms with Gasteiger partial charge in [-0.1, -0.05) is 0 Å². The third-order valence-electron chi connectivity index (χ3n) is 2.89. The van der Waals surface area contributed by atoms with E-state index in [1.165, 1.54) is 4.88 Å². The van der Waals surface area contributed by atoms with Crippen molar-refractivity contribution in [2.24, 2.45) is 0 Å². The molecule has 0 aliphatic carbocycles. The van der Waals surface area contributed by atoms with Gasteiger partial charge in [-0.25, -0.2) is 0 Å². The van der Waals surface area contributed by atoms with Crippen LogP contribution in [0.4, 0.5) is 0 Å². The highest BCUT2D eigenvalue weighted by Crippen LogP contribution is 2.29. The first-order valence-electron chi connectivity index (χ1n) is 5.35. The Kier molecular flexibility index (Phi) is 3.83. The molecule has 1 fully saturated rings. The molecule has 1 aromatic heterocycles. The van der Waals surface area contributed by atoms with Crippen molar-refractivity contribution in [1.29, 1.82) is 0 Å². The Labute approximate surface area is 103 Å². The van der Waals surface area contributed by atoms with Crippen molar-refractivity contribution in [3.63, 3.8) is 0 Å². The lowest BCUT2D eigenvalue weighted by Crippen LogP contribution is -2.32. The van der Waals surface area contributed by atoms with Gasteiger partial charge in [-0.15, -0.1) is 11.3 Å². The molecule has 15 heavy (non-hydrogen) atoms. The number of rotatable bonds is 2. The van der Waals surface area contributed by atoms with Gasteiger partial charge in [0.15, 0.2) is 0 Å². The number of hydrogen-bond donors (Lipinski definition) is 2. The maximum atomic E-state index is 10.5. The topological polar surface area (TPSA) is 32.3 Å². The molecule has 0 spiro atoms. The molecule has 4 heteroatoms. The van der Waals surface area contributed by atoms with Crippen LogP contribution in [0.25, 0.3) is 0 Å². The molecule has 0 amide bonds. The summed E-state index contributed by atoms with van der Waals surface area (Å²) in [6.45, 7) is 1.97. The molecule has 0 bridgehead atoms. The van der Waals surface area contributed by atoms with E-state index in [0.717, 1.165) is 42.6 Å². The number of halogens is 1. The maximum Gasteiger partial charge on any atom is 0.0708 e. The molecule has 84 valence electrons. The molecule has 1 atom stereocenters. The monoisotopic (exact) mass is 289 g/mol. The summed E-state index contributed by atoms with van der Waals surface area (Å²) in [5, 5.41) is 13.8. The predicted octanol–water partition coefficient (Wildman–Crippen LogP) is 2.56. The first-order valence-corrected chi connectivity index (χ1v) is 6.96. The lowest BCUT2D eigenvalue weighted by atomic mass is 9.90. The number of thiophene rings is 1. The summed E-state index contributed by atoms with van der Waals surface area (Å²) >= 11 is 5.18. The van der Waals surface area contributed by atoms with Crippen molar-refractivity contribution in [2.75, 3.05) is 13.1 Å². The van der Waals surface area contributed by atoms with Gasteiger partial charge in [0.25, 0.3) is 0 Å². The van der Waals surface area contributed by atoms with Crippen LogP contribution in [-0.2, 0) is 6.42 Å². The molecule has 2 rings (SSSR count). The van der Waals surface area contributed by atoms with Gasteiger partial charge in [0.1, 0.15) is 0 Å². The second-order valence-electron chi connectivity index (χ2n) is 4.21. The van der Waals surface area contributed by atoms with Crippen molar-refractivity contribution in [1.82, 2.24) is 5.32 Å². The van der Waals surface area contributed by atoms with E-state index in [4.69, 9.17) is 0 Å². The molecule has 2 heterocycles. The van der Waals surface area contributed by atoms with Gasteiger partial charge in [0.2, 0.25) is 0 Å². The minimum Gasteiger partial charge on any atom is -0.389 e. The van der Waals surface area contributed by atoms with Crippen LogP contribution >= 0.6 is 27.3 Å². The van der Waals surface area contributed by atoms with Gasteiger partial charge < -0.3 is 10.4 Å². The molecular formula is C11H16BrNOS. The largest absolute Gasteiger partial charge is 0.389 e. The molecule has 1 aliphatic heterocycles. The summed E-state index contributed by atoms with van der Waals surface area (Å²) < 4.78 is 1.15. The molecule has 0 aromatic carbocycles. The first-order chi connectivity index (χ1) is 7.18. The van der Waals surface area contributed by atoms with E-state index in [2.05, 4.69) is 33.4 Å². The Balaban J connectivity index is 2.02. The Hall–Kier alpha value is 0.1000. The molecule has 0 saturated carbocycles. The molecule has 2 nitrogen and oxygen atoms in total. The van der Waals surface area contributed by atoms with E-state index in [1.807, 2.05) is 0 Å². The van der Waals surface area contributed by atoms with Crippen LogP contribution in [0.2, 0.25) is 0 Å². The summed E-state index contributed by atoms with van der Waals surface area (Å²) in [6, 6.07) is 4.16. The summed E-state index contributed by atoms with van der Waals surface area (Å²) in [6.07, 6.45) is 3.64. The molecular weight excluding hydrogens is 274 g/mol. The van der Waals surface area contributed by atoms with Gasteiger partial charge in [0.05, 0.1) is 9.39 Å². The third-order valence-corrected chi connectivity index (χ3v) is 4.52. The second-order valence-corrected chi connectivity index (χ2v) is 6.76. The van der Waals surface area contributed by atoms with Crippen molar-refractivity contribution in [3.05, 3.63) is 20.8 Å². The van der Waals surface area contributed by atoms with Crippen LogP contribution in [0.5, 0.6) is 0 Å². The van der Waals surface area contributed by atoms with Crippen LogP contribution in [-0.4, -0.2) is 23.8 Å². The highest BCUT2D eigenvalue weighted by Gasteiger charge is 2.28. The van der Waals surface area contributed by atoms with Crippen LogP contribution in [0, 0.1) is 0 Å². The zero-order valence-corrected chi connectivity index (χ0v) is 11.0. The van der Waals surface area contributed by atoms with E-state index in [1.54, 1.807) is 11.3 Å². The highest BCUT2D eigenvalue weighted by molar-refractivity contribution is 9.11. The third kappa shape index (κ3) is 3.28. The van der Waals surface area contributed by atoms with E-state index in [-0.39, 0.29) is 0 Å². The molecule has 1 saturated heterocycles. The van der Waals surface area contributed by atoms with Crippen LogP contribution in [0.15, 0.2) is 15.9 Å². The Morgan fingerprint density at radius 3 is 3.00 bits per heavy atom. The van der Waals surface area contributed by atoms with Crippen LogP contribution in [0.3, 0.4) is 0 Å². The van der Waals surface area contributed by atoms with Crippen LogP contribution < -0.4 is 5.32 Å². The summed E-state index contributed by atoms with van der Waals surface area (Å²) in [5.41, 5.74) is -0.492. The highest BCUT2D eigenvalue weighted by atomic mass is 79.9. The molecule has 1 unspecified atom stereocenters. The fourth-order valence-corrected chi connectivity index (χ4v) is 3.68. The van der Waals surface area contributed by atoms with Crippen molar-refractivity contribution in [3.8, 4) is 0 Å². The molecule has 1 aliphatic rings. The van der Waals surface area contributed by atoms with Crippen molar-refractivity contribution >= 4 is 27.3 Å². The SMILES string of the molecule is OC1(Cc2ccc(Br)s2)CCCNCC1. The van der Waals surface area contributed by atoms with Gasteiger partial charge >= 0.3 is 0 Å². The van der Waals surface area contributed by atoms with Crippen molar-refractivity contribution in [2.45, 2.75) is 31.3 Å². The van der Waals surface area contributed by atoms with Gasteiger partial charge in [-0.2, -0.15) is 0 Å².